The molecule has 0 spiro atoms. The van der Waals surface area contributed by atoms with Crippen molar-refractivity contribution in [3.05, 3.63) is 78.9 Å². The molecule has 0 N–H and O–H groups in total. The van der Waals surface area contributed by atoms with Crippen LogP contribution in [-0.2, 0) is 0 Å². The largest absolute Gasteiger partial charge is 0.383 e. The van der Waals surface area contributed by atoms with E-state index < -0.39 is 5.56 Å². The fraction of sp³-hybridized carbons (Fsp3) is 0.222. The van der Waals surface area contributed by atoms with Gasteiger partial charge in [-0.05, 0) is 0 Å². The highest BCUT2D eigenvalue weighted by Crippen LogP contribution is 2.44. The second-order valence-electron chi connectivity index (χ2n) is 5.72. The highest BCUT2D eigenvalue weighted by atomic mass is 35.5. The fourth-order valence-electron chi connectivity index (χ4n) is 3.48. The van der Waals surface area contributed by atoms with Gasteiger partial charge >= 0.3 is 0 Å². The smallest absolute Gasteiger partial charge is 0.124 e. The summed E-state index contributed by atoms with van der Waals surface area (Å²) in [5.41, 5.74) is 0.120. The first kappa shape index (κ1) is 13.5. The van der Waals surface area contributed by atoms with Gasteiger partial charge in [-0.2, -0.15) is 5.46 Å². The fourth-order valence-corrected chi connectivity index (χ4v) is 4.00. The quantitative estimate of drug-likeness (QED) is 0.695. The van der Waals surface area contributed by atoms with E-state index in [0.29, 0.717) is 11.6 Å². The molecule has 2 unspecified atom stereocenters. The summed E-state index contributed by atoms with van der Waals surface area (Å²) in [6.45, 7) is 0. The molecule has 3 rings (SSSR count). The number of rotatable bonds is 3. The summed E-state index contributed by atoms with van der Waals surface area (Å²) in [6.07, 6.45) is 19.6. The van der Waals surface area contributed by atoms with Gasteiger partial charge in [-0.1, -0.05) is 79.6 Å². The second-order valence-corrected chi connectivity index (χ2v) is 6.44. The van der Waals surface area contributed by atoms with Crippen LogP contribution in [0.5, 0.6) is 0 Å². The minimum Gasteiger partial charge on any atom is -0.383 e. The molecule has 0 radical (unpaired) electrons. The Bertz CT molecular complexity index is 538. The number of hydrogen-bond acceptors (Lipinski definition) is 0. The van der Waals surface area contributed by atoms with Gasteiger partial charge in [0.15, 0.2) is 0 Å². The van der Waals surface area contributed by atoms with Crippen molar-refractivity contribution in [3.63, 3.8) is 0 Å². The molecule has 0 aliphatic heterocycles. The molecule has 1 aromatic rings. The highest BCUT2D eigenvalue weighted by molar-refractivity contribution is 7.29. The van der Waals surface area contributed by atoms with Gasteiger partial charge in [0.2, 0.25) is 0 Å². The van der Waals surface area contributed by atoms with E-state index in [4.69, 9.17) is 11.5 Å². The molecule has 0 aromatic heterocycles. The first-order valence-electron chi connectivity index (χ1n) is 7.38. The third-order valence-electron chi connectivity index (χ3n) is 4.58. The van der Waals surface area contributed by atoms with Gasteiger partial charge in [-0.3, -0.25) is 0 Å². The van der Waals surface area contributed by atoms with Crippen LogP contribution in [0.15, 0.2) is 78.9 Å². The summed E-state index contributed by atoms with van der Waals surface area (Å²) < 4.78 is 0. The van der Waals surface area contributed by atoms with Crippen molar-refractivity contribution in [3.8, 4) is 0 Å². The van der Waals surface area contributed by atoms with Crippen LogP contribution in [0.2, 0.25) is 11.6 Å². The van der Waals surface area contributed by atoms with Gasteiger partial charge in [-0.15, -0.1) is 23.8 Å². The predicted octanol–water partition coefficient (Wildman–Crippen LogP) is 4.85. The Hall–Kier alpha value is -1.47. The van der Waals surface area contributed by atoms with Crippen molar-refractivity contribution >= 4 is 22.5 Å². The van der Waals surface area contributed by atoms with Gasteiger partial charge in [0.05, 0.1) is 0 Å². The molecular weight excluding hydrogens is 262 g/mol. The van der Waals surface area contributed by atoms with Crippen molar-refractivity contribution in [2.75, 3.05) is 0 Å². The molecule has 2 atom stereocenters. The molecule has 0 amide bonds. The standard InChI is InChI=1S/C18H19BCl/c20-19(16-10-4-1-5-11-16,17-12-6-2-7-13-17)18-14-8-3-9-15-18/h1-12,14,17-18H,13,15H2/q-1. The number of halogens is 1. The van der Waals surface area contributed by atoms with Crippen LogP contribution in [0.4, 0.5) is 0 Å². The molecule has 2 aliphatic carbocycles. The van der Waals surface area contributed by atoms with Crippen LogP contribution < -0.4 is 5.46 Å². The van der Waals surface area contributed by atoms with E-state index in [2.05, 4.69) is 78.9 Å². The Labute approximate surface area is 126 Å². The maximum Gasteiger partial charge on any atom is 0.124 e. The Kier molecular flexibility index (Phi) is 3.98. The molecule has 0 nitrogen and oxygen atoms in total. The predicted molar refractivity (Wildman–Crippen MR) is 91.0 cm³/mol. The topological polar surface area (TPSA) is 0 Å². The third kappa shape index (κ3) is 2.43. The Morgan fingerprint density at radius 2 is 1.35 bits per heavy atom. The van der Waals surface area contributed by atoms with E-state index in [1.807, 2.05) is 0 Å². The lowest BCUT2D eigenvalue weighted by atomic mass is 9.27. The number of hydrogen-bond donors (Lipinski definition) is 0. The summed E-state index contributed by atoms with van der Waals surface area (Å²) >= 11 is 7.31. The van der Waals surface area contributed by atoms with Crippen LogP contribution >= 0.6 is 11.5 Å². The molecule has 2 aliphatic rings. The highest BCUT2D eigenvalue weighted by Gasteiger charge is 2.36. The lowest BCUT2D eigenvalue weighted by Crippen LogP contribution is -2.50. The van der Waals surface area contributed by atoms with Crippen LogP contribution in [0.1, 0.15) is 12.8 Å². The summed E-state index contributed by atoms with van der Waals surface area (Å²) in [5, 5.41) is 0. The van der Waals surface area contributed by atoms with Crippen LogP contribution in [0.25, 0.3) is 0 Å². The van der Waals surface area contributed by atoms with Gasteiger partial charge in [-0.25, -0.2) is 0 Å². The summed E-state index contributed by atoms with van der Waals surface area (Å²) in [7, 11) is 0. The van der Waals surface area contributed by atoms with Gasteiger partial charge < -0.3 is 11.5 Å². The van der Waals surface area contributed by atoms with Crippen LogP contribution in [0.3, 0.4) is 0 Å². The van der Waals surface area contributed by atoms with Crippen molar-refractivity contribution in [1.82, 2.24) is 0 Å². The maximum atomic E-state index is 7.31. The average Bonchev–Trinajstić information content (AvgIpc) is 2.56. The molecule has 102 valence electrons. The average molecular weight is 282 g/mol. The van der Waals surface area contributed by atoms with Crippen LogP contribution in [-0.4, -0.2) is 5.56 Å². The third-order valence-corrected chi connectivity index (χ3v) is 5.48. The van der Waals surface area contributed by atoms with E-state index in [9.17, 15) is 0 Å². The van der Waals surface area contributed by atoms with Gasteiger partial charge in [0, 0.05) is 0 Å². The van der Waals surface area contributed by atoms with Gasteiger partial charge in [0.1, 0.15) is 5.56 Å². The number of benzene rings is 1. The lowest BCUT2D eigenvalue weighted by Gasteiger charge is -2.47. The molecule has 0 fully saturated rings. The van der Waals surface area contributed by atoms with E-state index in [0.717, 1.165) is 12.8 Å². The molecule has 20 heavy (non-hydrogen) atoms. The Morgan fingerprint density at radius 3 is 1.80 bits per heavy atom. The van der Waals surface area contributed by atoms with Crippen molar-refractivity contribution < 1.29 is 0 Å². The molecular formula is C18H19BCl-. The monoisotopic (exact) mass is 281 g/mol. The minimum absolute atomic E-state index is 0.394. The summed E-state index contributed by atoms with van der Waals surface area (Å²) in [5.74, 6) is 0.787. The first-order chi connectivity index (χ1) is 9.82. The van der Waals surface area contributed by atoms with E-state index in [1.54, 1.807) is 0 Å². The van der Waals surface area contributed by atoms with E-state index in [-0.39, 0.29) is 0 Å². The van der Waals surface area contributed by atoms with Gasteiger partial charge in [0.25, 0.3) is 0 Å². The molecule has 0 saturated carbocycles. The molecule has 0 saturated heterocycles. The summed E-state index contributed by atoms with van der Waals surface area (Å²) in [4.78, 5) is 0. The van der Waals surface area contributed by atoms with Crippen LogP contribution in [0, 0.1) is 0 Å². The van der Waals surface area contributed by atoms with Crippen molar-refractivity contribution in [1.29, 1.82) is 0 Å². The number of allylic oxidation sites excluding steroid dienone is 8. The first-order valence-corrected chi connectivity index (χ1v) is 7.82. The lowest BCUT2D eigenvalue weighted by molar-refractivity contribution is 0.916. The molecule has 1 aromatic carbocycles. The normalized spacial score (nSPS) is 27.4. The zero-order valence-corrected chi connectivity index (χ0v) is 12.3. The summed E-state index contributed by atoms with van der Waals surface area (Å²) in [6, 6.07) is 10.6. The molecule has 2 heteroatoms. The molecule has 0 heterocycles. The zero-order valence-electron chi connectivity index (χ0n) is 11.5. The zero-order chi connectivity index (χ0) is 13.8. The maximum absolute atomic E-state index is 7.31. The van der Waals surface area contributed by atoms with Crippen molar-refractivity contribution in [2.24, 2.45) is 0 Å². The Balaban J connectivity index is 2.02. The minimum atomic E-state index is -1.16. The van der Waals surface area contributed by atoms with E-state index >= 15 is 0 Å². The van der Waals surface area contributed by atoms with Crippen molar-refractivity contribution in [2.45, 2.75) is 24.5 Å². The van der Waals surface area contributed by atoms with E-state index in [1.165, 1.54) is 5.46 Å². The second kappa shape index (κ2) is 5.89. The molecule has 0 bridgehead atoms. The SMILES string of the molecule is Cl[B-](c1ccccc1)(C1C=CC=CC1)C1C=CC=CC1. The Morgan fingerprint density at radius 1 is 0.800 bits per heavy atom.